The summed E-state index contributed by atoms with van der Waals surface area (Å²) in [5, 5.41) is 1.07. The van der Waals surface area contributed by atoms with E-state index in [1.807, 2.05) is 17.0 Å². The Morgan fingerprint density at radius 2 is 1.83 bits per heavy atom. The molecule has 2 saturated carbocycles. The molecule has 2 atom stereocenters. The Morgan fingerprint density at radius 1 is 1.06 bits per heavy atom. The second-order valence-electron chi connectivity index (χ2n) is 13.9. The van der Waals surface area contributed by atoms with Crippen LogP contribution in [-0.2, 0) is 26.3 Å². The van der Waals surface area contributed by atoms with Gasteiger partial charge in [-0.15, -0.1) is 0 Å². The molecule has 7 rings (SSSR count). The predicted molar refractivity (Wildman–Crippen MR) is 181 cm³/mol. The normalized spacial score (nSPS) is 22.7. The molecule has 0 radical (unpaired) electrons. The number of hydrogen-bond donors (Lipinski definition) is 1. The van der Waals surface area contributed by atoms with Gasteiger partial charge < -0.3 is 18.9 Å². The Bertz CT molecular complexity index is 1810. The highest BCUT2D eigenvalue weighted by Crippen LogP contribution is 2.66. The molecule has 1 N–H and O–H groups in total. The van der Waals surface area contributed by atoms with E-state index in [0.29, 0.717) is 45.4 Å². The molecule has 4 aliphatic rings. The number of amides is 2. The van der Waals surface area contributed by atoms with Crippen LogP contribution in [0.3, 0.4) is 0 Å². The molecule has 47 heavy (non-hydrogen) atoms. The van der Waals surface area contributed by atoms with E-state index in [9.17, 15) is 18.0 Å². The summed E-state index contributed by atoms with van der Waals surface area (Å²) in [6.07, 6.45) is 8.51. The van der Waals surface area contributed by atoms with Gasteiger partial charge in [-0.2, -0.15) is 12.7 Å². The van der Waals surface area contributed by atoms with E-state index in [2.05, 4.69) is 34.4 Å². The lowest BCUT2D eigenvalue weighted by molar-refractivity contribution is -0.141. The van der Waals surface area contributed by atoms with Crippen LogP contribution in [0.1, 0.15) is 91.6 Å². The molecule has 10 nitrogen and oxygen atoms in total. The molecule has 11 heteroatoms. The van der Waals surface area contributed by atoms with Crippen molar-refractivity contribution in [2.45, 2.75) is 76.7 Å². The number of benzene rings is 2. The summed E-state index contributed by atoms with van der Waals surface area (Å²) in [6, 6.07) is 12.0. The van der Waals surface area contributed by atoms with Crippen molar-refractivity contribution in [2.24, 2.45) is 5.41 Å². The Balaban J connectivity index is 1.42. The number of nitrogens with zero attached hydrogens (tertiary/aromatic N) is 3. The third-order valence-electron chi connectivity index (χ3n) is 10.7. The first kappa shape index (κ1) is 32.2. The summed E-state index contributed by atoms with van der Waals surface area (Å²) in [6.45, 7) is 5.54. The van der Waals surface area contributed by atoms with Crippen LogP contribution >= 0.6 is 0 Å². The fourth-order valence-corrected chi connectivity index (χ4v) is 8.60. The quantitative estimate of drug-likeness (QED) is 0.307. The van der Waals surface area contributed by atoms with Gasteiger partial charge in [-0.1, -0.05) is 38.7 Å². The first-order chi connectivity index (χ1) is 22.6. The lowest BCUT2D eigenvalue weighted by Gasteiger charge is -2.31. The first-order valence-corrected chi connectivity index (χ1v) is 18.6. The first-order valence-electron chi connectivity index (χ1n) is 17.2. The number of carbonyl (C=O) groups is 2. The highest BCUT2D eigenvalue weighted by atomic mass is 32.2. The minimum absolute atomic E-state index is 0.0495. The highest BCUT2D eigenvalue weighted by molar-refractivity contribution is 7.87. The van der Waals surface area contributed by atoms with Gasteiger partial charge >= 0.3 is 10.2 Å². The van der Waals surface area contributed by atoms with Crippen molar-refractivity contribution in [1.82, 2.24) is 18.5 Å². The third kappa shape index (κ3) is 5.74. The number of aromatic nitrogens is 1. The zero-order valence-corrected chi connectivity index (χ0v) is 28.5. The van der Waals surface area contributed by atoms with Gasteiger partial charge in [0, 0.05) is 61.7 Å². The standard InChI is InChI=1S/C36H46N4O6S/c1-4-5-17-46-26-12-14-27-29(21-26)30-22-36(30,35(42)39-15-18-45-19-16-39)23-40-31-20-25(34(41)37-47(43,44)38(2)3)11-13-28(31)32(33(27)40)24-9-7-6-8-10-24/h11-14,20-21,24,30H,4-10,15-19,22-23H2,1-3H3,(H,37,41). The number of carbonyl (C=O) groups excluding carboxylic acids is 2. The summed E-state index contributed by atoms with van der Waals surface area (Å²) < 4.78 is 42.4. The van der Waals surface area contributed by atoms with Crippen molar-refractivity contribution in [2.75, 3.05) is 47.0 Å². The third-order valence-corrected chi connectivity index (χ3v) is 12.1. The molecule has 3 heterocycles. The van der Waals surface area contributed by atoms with Crippen LogP contribution in [0.2, 0.25) is 0 Å². The lowest BCUT2D eigenvalue weighted by Crippen LogP contribution is -2.45. The summed E-state index contributed by atoms with van der Waals surface area (Å²) in [5.41, 5.74) is 5.21. The van der Waals surface area contributed by atoms with Gasteiger partial charge in [0.25, 0.3) is 5.91 Å². The van der Waals surface area contributed by atoms with Crippen molar-refractivity contribution in [1.29, 1.82) is 0 Å². The summed E-state index contributed by atoms with van der Waals surface area (Å²) >= 11 is 0. The van der Waals surface area contributed by atoms with Crippen molar-refractivity contribution in [3.8, 4) is 17.0 Å². The van der Waals surface area contributed by atoms with Crippen molar-refractivity contribution in [3.05, 3.63) is 53.1 Å². The molecule has 0 bridgehead atoms. The number of ether oxygens (including phenoxy) is 2. The zero-order valence-electron chi connectivity index (χ0n) is 27.7. The molecule has 2 aliphatic heterocycles. The van der Waals surface area contributed by atoms with Gasteiger partial charge in [-0.05, 0) is 73.1 Å². The second kappa shape index (κ2) is 12.6. The number of nitrogens with one attached hydrogen (secondary N) is 1. The Morgan fingerprint density at radius 3 is 2.55 bits per heavy atom. The average molecular weight is 663 g/mol. The molecule has 2 aliphatic carbocycles. The SMILES string of the molecule is CCCCOc1ccc2c(c1)C1CC1(C(=O)N1CCOCC1)Cn1c-2c(C2CCCCC2)c2ccc(C(=O)NS(=O)(=O)N(C)C)cc21. The Labute approximate surface area is 277 Å². The molecule has 2 amide bonds. The maximum absolute atomic E-state index is 14.5. The van der Waals surface area contributed by atoms with Crippen LogP contribution in [-0.4, -0.2) is 81.0 Å². The largest absolute Gasteiger partial charge is 0.494 e. The fourth-order valence-electron chi connectivity index (χ4n) is 8.07. The van der Waals surface area contributed by atoms with Gasteiger partial charge in [0.2, 0.25) is 5.91 Å². The molecule has 3 fully saturated rings. The average Bonchev–Trinajstić information content (AvgIpc) is 3.75. The molecule has 0 spiro atoms. The van der Waals surface area contributed by atoms with E-state index in [1.54, 1.807) is 6.07 Å². The monoisotopic (exact) mass is 662 g/mol. The molecular weight excluding hydrogens is 616 g/mol. The summed E-state index contributed by atoms with van der Waals surface area (Å²) in [7, 11) is -1.20. The molecule has 252 valence electrons. The summed E-state index contributed by atoms with van der Waals surface area (Å²) in [5.74, 6) is 0.718. The molecule has 2 unspecified atom stereocenters. The molecule has 2 aromatic carbocycles. The summed E-state index contributed by atoms with van der Waals surface area (Å²) in [4.78, 5) is 29.8. The Kier molecular flexibility index (Phi) is 8.59. The van der Waals surface area contributed by atoms with E-state index in [4.69, 9.17) is 9.47 Å². The topological polar surface area (TPSA) is 110 Å². The smallest absolute Gasteiger partial charge is 0.303 e. The highest BCUT2D eigenvalue weighted by Gasteiger charge is 2.64. The minimum Gasteiger partial charge on any atom is -0.494 e. The number of morpholine rings is 1. The maximum atomic E-state index is 14.5. The second-order valence-corrected chi connectivity index (χ2v) is 15.8. The Hall–Kier alpha value is -3.41. The van der Waals surface area contributed by atoms with Crippen LogP contribution in [0.15, 0.2) is 36.4 Å². The van der Waals surface area contributed by atoms with Gasteiger partial charge in [-0.3, -0.25) is 9.59 Å². The fraction of sp³-hybridized carbons (Fsp3) is 0.556. The number of rotatable bonds is 9. The van der Waals surface area contributed by atoms with E-state index in [0.717, 1.165) is 69.9 Å². The van der Waals surface area contributed by atoms with E-state index in [1.165, 1.54) is 38.9 Å². The molecule has 3 aromatic rings. The van der Waals surface area contributed by atoms with Gasteiger partial charge in [0.15, 0.2) is 0 Å². The maximum Gasteiger partial charge on any atom is 0.303 e. The van der Waals surface area contributed by atoms with E-state index < -0.39 is 21.5 Å². The molecule has 1 saturated heterocycles. The van der Waals surface area contributed by atoms with Crippen molar-refractivity contribution < 1.29 is 27.5 Å². The number of fused-ring (bicyclic) bond motifs is 7. The predicted octanol–water partition coefficient (Wildman–Crippen LogP) is 5.42. The van der Waals surface area contributed by atoms with Crippen LogP contribution in [0.4, 0.5) is 0 Å². The van der Waals surface area contributed by atoms with Gasteiger partial charge in [-0.25, -0.2) is 4.72 Å². The van der Waals surface area contributed by atoms with Crippen molar-refractivity contribution >= 4 is 32.9 Å². The van der Waals surface area contributed by atoms with Crippen LogP contribution in [0, 0.1) is 5.41 Å². The number of unbranched alkanes of at least 4 members (excludes halogenated alkanes) is 1. The van der Waals surface area contributed by atoms with Gasteiger partial charge in [0.05, 0.1) is 30.9 Å². The lowest BCUT2D eigenvalue weighted by atomic mass is 9.81. The minimum atomic E-state index is -3.97. The van der Waals surface area contributed by atoms with Crippen LogP contribution in [0.25, 0.3) is 22.2 Å². The van der Waals surface area contributed by atoms with Crippen molar-refractivity contribution in [3.63, 3.8) is 0 Å². The molecular formula is C36H46N4O6S. The number of hydrogen-bond acceptors (Lipinski definition) is 6. The van der Waals surface area contributed by atoms with Gasteiger partial charge in [0.1, 0.15) is 5.75 Å². The van der Waals surface area contributed by atoms with E-state index in [-0.39, 0.29) is 17.4 Å². The van der Waals surface area contributed by atoms with Crippen LogP contribution in [0.5, 0.6) is 5.75 Å². The van der Waals surface area contributed by atoms with E-state index >= 15 is 0 Å². The van der Waals surface area contributed by atoms with Crippen LogP contribution < -0.4 is 9.46 Å². The zero-order chi connectivity index (χ0) is 32.9. The molecule has 1 aromatic heterocycles.